The van der Waals surface area contributed by atoms with Gasteiger partial charge in [0.05, 0.1) is 14.2 Å². The molecule has 0 amide bonds. The van der Waals surface area contributed by atoms with Crippen molar-refractivity contribution in [2.24, 2.45) is 5.84 Å². The number of nitrogens with one attached hydrogen (secondary N) is 1. The van der Waals surface area contributed by atoms with Gasteiger partial charge in [-0.15, -0.1) is 11.8 Å². The van der Waals surface area contributed by atoms with Crippen molar-refractivity contribution in [1.29, 1.82) is 0 Å². The van der Waals surface area contributed by atoms with Gasteiger partial charge in [0, 0.05) is 18.5 Å². The van der Waals surface area contributed by atoms with Gasteiger partial charge in [0.25, 0.3) is 0 Å². The van der Waals surface area contributed by atoms with E-state index in [1.165, 1.54) is 0 Å². The van der Waals surface area contributed by atoms with Crippen molar-refractivity contribution in [3.05, 3.63) is 23.8 Å². The summed E-state index contributed by atoms with van der Waals surface area (Å²) >= 11 is 0. The van der Waals surface area contributed by atoms with E-state index < -0.39 is 0 Å². The molecule has 0 radical (unpaired) electrons. The molecule has 0 aliphatic carbocycles. The molecule has 1 aromatic carbocycles. The minimum atomic E-state index is 0.0369. The molecule has 0 heterocycles. The Morgan fingerprint density at radius 2 is 1.83 bits per heavy atom. The number of rotatable bonds is 6. The van der Waals surface area contributed by atoms with Crippen LogP contribution in [0.5, 0.6) is 11.5 Å². The Kier molecular flexibility index (Phi) is 6.06. The maximum absolute atomic E-state index is 5.59. The second-order valence-electron chi connectivity index (χ2n) is 3.83. The molecule has 1 aromatic rings. The van der Waals surface area contributed by atoms with Crippen LogP contribution < -0.4 is 20.7 Å². The van der Waals surface area contributed by atoms with Crippen molar-refractivity contribution in [1.82, 2.24) is 5.43 Å². The highest BCUT2D eigenvalue weighted by Crippen LogP contribution is 2.28. The number of benzene rings is 1. The second kappa shape index (κ2) is 7.59. The lowest BCUT2D eigenvalue weighted by Gasteiger charge is -2.17. The van der Waals surface area contributed by atoms with Gasteiger partial charge in [0.15, 0.2) is 0 Å². The summed E-state index contributed by atoms with van der Waals surface area (Å²) in [4.78, 5) is 0. The zero-order valence-electron chi connectivity index (χ0n) is 11.1. The van der Waals surface area contributed by atoms with Crippen LogP contribution in [0.25, 0.3) is 0 Å². The molecule has 0 aliphatic heterocycles. The smallest absolute Gasteiger partial charge is 0.122 e. The molecular weight excluding hydrogens is 228 g/mol. The predicted molar refractivity (Wildman–Crippen MR) is 72.3 cm³/mol. The molecule has 0 aromatic heterocycles. The molecule has 0 saturated carbocycles. The SMILES string of the molecule is CC#CCCC(NN)c1cc(OC)cc(OC)c1. The molecule has 18 heavy (non-hydrogen) atoms. The fourth-order valence-corrected chi connectivity index (χ4v) is 1.72. The van der Waals surface area contributed by atoms with Gasteiger partial charge >= 0.3 is 0 Å². The van der Waals surface area contributed by atoms with Gasteiger partial charge < -0.3 is 9.47 Å². The average molecular weight is 248 g/mol. The predicted octanol–water partition coefficient (Wildman–Crippen LogP) is 2.01. The van der Waals surface area contributed by atoms with Gasteiger partial charge in [-0.1, -0.05) is 0 Å². The summed E-state index contributed by atoms with van der Waals surface area (Å²) in [6, 6.07) is 5.77. The molecule has 4 nitrogen and oxygen atoms in total. The molecular formula is C14H20N2O2. The van der Waals surface area contributed by atoms with Crippen molar-refractivity contribution in [3.63, 3.8) is 0 Å². The summed E-state index contributed by atoms with van der Waals surface area (Å²) in [6.07, 6.45) is 1.64. The van der Waals surface area contributed by atoms with Gasteiger partial charge in [-0.3, -0.25) is 11.3 Å². The Hall–Kier alpha value is -1.70. The van der Waals surface area contributed by atoms with E-state index in [-0.39, 0.29) is 6.04 Å². The molecule has 0 fully saturated rings. The van der Waals surface area contributed by atoms with Crippen LogP contribution in [-0.4, -0.2) is 14.2 Å². The number of hydrogen-bond donors (Lipinski definition) is 2. The molecule has 0 aliphatic rings. The number of methoxy groups -OCH3 is 2. The second-order valence-corrected chi connectivity index (χ2v) is 3.83. The van der Waals surface area contributed by atoms with E-state index in [1.54, 1.807) is 14.2 Å². The van der Waals surface area contributed by atoms with Crippen LogP contribution in [0.15, 0.2) is 18.2 Å². The first-order chi connectivity index (χ1) is 8.74. The average Bonchev–Trinajstić information content (AvgIpc) is 2.43. The van der Waals surface area contributed by atoms with Gasteiger partial charge in [-0.2, -0.15) is 0 Å². The highest BCUT2D eigenvalue weighted by molar-refractivity contribution is 5.39. The van der Waals surface area contributed by atoms with Crippen LogP contribution in [0, 0.1) is 11.8 Å². The number of ether oxygens (including phenoxy) is 2. The Morgan fingerprint density at radius 3 is 2.28 bits per heavy atom. The van der Waals surface area contributed by atoms with Crippen molar-refractivity contribution >= 4 is 0 Å². The van der Waals surface area contributed by atoms with E-state index in [0.29, 0.717) is 0 Å². The minimum Gasteiger partial charge on any atom is -0.497 e. The maximum Gasteiger partial charge on any atom is 0.122 e. The normalized spacial score (nSPS) is 11.3. The van der Waals surface area contributed by atoms with Crippen LogP contribution in [0.3, 0.4) is 0 Å². The van der Waals surface area contributed by atoms with E-state index in [4.69, 9.17) is 15.3 Å². The molecule has 0 saturated heterocycles. The Labute approximate surface area is 108 Å². The highest BCUT2D eigenvalue weighted by Gasteiger charge is 2.11. The van der Waals surface area contributed by atoms with Crippen LogP contribution in [-0.2, 0) is 0 Å². The fourth-order valence-electron chi connectivity index (χ4n) is 1.72. The zero-order chi connectivity index (χ0) is 13.4. The summed E-state index contributed by atoms with van der Waals surface area (Å²) in [5.74, 6) is 13.0. The Balaban J connectivity index is 2.91. The van der Waals surface area contributed by atoms with Crippen molar-refractivity contribution < 1.29 is 9.47 Å². The summed E-state index contributed by atoms with van der Waals surface area (Å²) in [5, 5.41) is 0. The largest absolute Gasteiger partial charge is 0.497 e. The highest BCUT2D eigenvalue weighted by atomic mass is 16.5. The number of hydrogen-bond acceptors (Lipinski definition) is 4. The third-order valence-corrected chi connectivity index (χ3v) is 2.71. The first kappa shape index (κ1) is 14.4. The van der Waals surface area contributed by atoms with Crippen LogP contribution in [0.4, 0.5) is 0 Å². The Morgan fingerprint density at radius 1 is 1.22 bits per heavy atom. The third kappa shape index (κ3) is 3.95. The van der Waals surface area contributed by atoms with Crippen molar-refractivity contribution in [3.8, 4) is 23.3 Å². The summed E-state index contributed by atoms with van der Waals surface area (Å²) in [5.41, 5.74) is 3.83. The molecule has 1 unspecified atom stereocenters. The van der Waals surface area contributed by atoms with Crippen LogP contribution in [0.2, 0.25) is 0 Å². The quantitative estimate of drug-likeness (QED) is 0.459. The molecule has 0 bridgehead atoms. The van der Waals surface area contributed by atoms with E-state index in [0.717, 1.165) is 29.9 Å². The molecule has 1 atom stereocenters. The van der Waals surface area contributed by atoms with E-state index in [2.05, 4.69) is 17.3 Å². The van der Waals surface area contributed by atoms with E-state index >= 15 is 0 Å². The van der Waals surface area contributed by atoms with E-state index in [1.807, 2.05) is 25.1 Å². The maximum atomic E-state index is 5.59. The first-order valence-corrected chi connectivity index (χ1v) is 5.83. The molecule has 3 N–H and O–H groups in total. The molecule has 0 spiro atoms. The van der Waals surface area contributed by atoms with Gasteiger partial charge in [0.1, 0.15) is 11.5 Å². The molecule has 98 valence electrons. The number of hydrazine groups is 1. The van der Waals surface area contributed by atoms with Gasteiger partial charge in [-0.05, 0) is 31.0 Å². The van der Waals surface area contributed by atoms with Gasteiger partial charge in [-0.25, -0.2) is 0 Å². The standard InChI is InChI=1S/C14H20N2O2/c1-4-5-6-7-14(16-15)11-8-12(17-2)10-13(9-11)18-3/h8-10,14,16H,6-7,15H2,1-3H3. The lowest BCUT2D eigenvalue weighted by Crippen LogP contribution is -2.28. The zero-order valence-corrected chi connectivity index (χ0v) is 11.1. The first-order valence-electron chi connectivity index (χ1n) is 5.83. The molecule has 4 heteroatoms. The number of nitrogens with two attached hydrogens (primary N) is 1. The summed E-state index contributed by atoms with van der Waals surface area (Å²) in [6.45, 7) is 1.83. The monoisotopic (exact) mass is 248 g/mol. The van der Waals surface area contributed by atoms with Crippen molar-refractivity contribution in [2.75, 3.05) is 14.2 Å². The topological polar surface area (TPSA) is 56.5 Å². The lowest BCUT2D eigenvalue weighted by atomic mass is 10.0. The van der Waals surface area contributed by atoms with Gasteiger partial charge in [0.2, 0.25) is 0 Å². The van der Waals surface area contributed by atoms with Crippen molar-refractivity contribution in [2.45, 2.75) is 25.8 Å². The molecule has 1 rings (SSSR count). The van der Waals surface area contributed by atoms with Crippen LogP contribution >= 0.6 is 0 Å². The summed E-state index contributed by atoms with van der Waals surface area (Å²) in [7, 11) is 3.26. The fraction of sp³-hybridized carbons (Fsp3) is 0.429. The summed E-state index contributed by atoms with van der Waals surface area (Å²) < 4.78 is 10.5. The van der Waals surface area contributed by atoms with Crippen LogP contribution in [0.1, 0.15) is 31.4 Å². The Bertz CT molecular complexity index is 413. The third-order valence-electron chi connectivity index (χ3n) is 2.71. The van der Waals surface area contributed by atoms with E-state index in [9.17, 15) is 0 Å². The lowest BCUT2D eigenvalue weighted by molar-refractivity contribution is 0.391. The minimum absolute atomic E-state index is 0.0369.